The molecule has 4 rings (SSSR count). The third kappa shape index (κ3) is 3.25. The van der Waals surface area contributed by atoms with Crippen LogP contribution < -0.4 is 11.0 Å². The number of nitrogens with one attached hydrogen (secondary N) is 1. The summed E-state index contributed by atoms with van der Waals surface area (Å²) in [5, 5.41) is 11.9. The molecule has 2 aromatic heterocycles. The van der Waals surface area contributed by atoms with Gasteiger partial charge in [-0.3, -0.25) is 4.57 Å². The van der Waals surface area contributed by atoms with Crippen molar-refractivity contribution in [3.63, 3.8) is 0 Å². The molecule has 2 fully saturated rings. The summed E-state index contributed by atoms with van der Waals surface area (Å²) in [7, 11) is 0. The quantitative estimate of drug-likeness (QED) is 0.869. The Balaban J connectivity index is 0.00000169. The maximum atomic E-state index is 12.6. The zero-order chi connectivity index (χ0) is 15.8. The Bertz CT molecular complexity index is 741. The first-order valence-electron chi connectivity index (χ1n) is 8.47. The molecule has 2 aromatic rings. The standard InChI is InChI=1S/C15H22N6O2.ClH/c1-2-20-13(11-4-3-7-16-8-11)18-21(15(20)22)9-12-17-14(23-19-12)10-5-6-10;/h10-11,16H,2-9H2,1H3;1H. The Kier molecular flexibility index (Phi) is 5.05. The van der Waals surface area contributed by atoms with Crippen molar-refractivity contribution >= 4 is 12.4 Å². The summed E-state index contributed by atoms with van der Waals surface area (Å²) in [6.45, 7) is 4.80. The van der Waals surface area contributed by atoms with Crippen LogP contribution in [0.1, 0.15) is 62.0 Å². The van der Waals surface area contributed by atoms with Crippen LogP contribution in [0.3, 0.4) is 0 Å². The van der Waals surface area contributed by atoms with Crippen molar-refractivity contribution in [3.05, 3.63) is 28.0 Å². The highest BCUT2D eigenvalue weighted by molar-refractivity contribution is 5.85. The Morgan fingerprint density at radius 3 is 2.79 bits per heavy atom. The summed E-state index contributed by atoms with van der Waals surface area (Å²) in [5.74, 6) is 2.81. The molecule has 1 aliphatic carbocycles. The second-order valence-corrected chi connectivity index (χ2v) is 6.41. The first kappa shape index (κ1) is 17.2. The molecule has 1 saturated carbocycles. The van der Waals surface area contributed by atoms with Gasteiger partial charge in [-0.25, -0.2) is 9.48 Å². The van der Waals surface area contributed by atoms with Crippen molar-refractivity contribution in [1.82, 2.24) is 29.8 Å². The van der Waals surface area contributed by atoms with Crippen LogP contribution in [0.4, 0.5) is 0 Å². The molecule has 2 aliphatic rings. The fourth-order valence-corrected chi connectivity index (χ4v) is 3.19. The van der Waals surface area contributed by atoms with Crippen molar-refractivity contribution in [3.8, 4) is 0 Å². The van der Waals surface area contributed by atoms with Gasteiger partial charge in [-0.1, -0.05) is 5.16 Å². The minimum Gasteiger partial charge on any atom is -0.339 e. The molecule has 3 heterocycles. The smallest absolute Gasteiger partial charge is 0.339 e. The zero-order valence-corrected chi connectivity index (χ0v) is 14.6. The molecule has 0 amide bonds. The maximum Gasteiger partial charge on any atom is 0.346 e. The number of aromatic nitrogens is 5. The van der Waals surface area contributed by atoms with Crippen LogP contribution in [0.5, 0.6) is 0 Å². The highest BCUT2D eigenvalue weighted by atomic mass is 35.5. The Hall–Kier alpha value is -1.67. The Morgan fingerprint density at radius 1 is 1.29 bits per heavy atom. The van der Waals surface area contributed by atoms with E-state index in [9.17, 15) is 4.79 Å². The van der Waals surface area contributed by atoms with Crippen LogP contribution in [0, 0.1) is 0 Å². The van der Waals surface area contributed by atoms with Crippen molar-refractivity contribution in [2.24, 2.45) is 0 Å². The summed E-state index contributed by atoms with van der Waals surface area (Å²) in [6, 6.07) is 0. The van der Waals surface area contributed by atoms with Gasteiger partial charge in [0.25, 0.3) is 0 Å². The fraction of sp³-hybridized carbons (Fsp3) is 0.733. The van der Waals surface area contributed by atoms with E-state index < -0.39 is 0 Å². The summed E-state index contributed by atoms with van der Waals surface area (Å²) in [5.41, 5.74) is -0.0918. The molecule has 24 heavy (non-hydrogen) atoms. The van der Waals surface area contributed by atoms with E-state index in [0.29, 0.717) is 30.1 Å². The number of hydrogen-bond donors (Lipinski definition) is 1. The monoisotopic (exact) mass is 354 g/mol. The number of halogens is 1. The van der Waals surface area contributed by atoms with Gasteiger partial charge in [0.05, 0.1) is 0 Å². The summed E-state index contributed by atoms with van der Waals surface area (Å²) < 4.78 is 8.49. The van der Waals surface area contributed by atoms with E-state index in [2.05, 4.69) is 20.6 Å². The fourth-order valence-electron chi connectivity index (χ4n) is 3.19. The Labute approximate surface area is 146 Å². The minimum atomic E-state index is -0.0918. The third-order valence-electron chi connectivity index (χ3n) is 4.63. The highest BCUT2D eigenvalue weighted by Gasteiger charge is 2.30. The highest BCUT2D eigenvalue weighted by Crippen LogP contribution is 2.38. The summed E-state index contributed by atoms with van der Waals surface area (Å²) >= 11 is 0. The molecule has 1 N–H and O–H groups in total. The molecule has 0 bridgehead atoms. The van der Waals surface area contributed by atoms with E-state index in [1.54, 1.807) is 4.57 Å². The first-order valence-corrected chi connectivity index (χ1v) is 8.47. The molecule has 0 aromatic carbocycles. The normalized spacial score (nSPS) is 20.8. The second-order valence-electron chi connectivity index (χ2n) is 6.41. The Morgan fingerprint density at radius 2 is 2.12 bits per heavy atom. The molecule has 1 saturated heterocycles. The maximum absolute atomic E-state index is 12.6. The van der Waals surface area contributed by atoms with Crippen LogP contribution in [-0.4, -0.2) is 37.6 Å². The molecule has 132 valence electrons. The van der Waals surface area contributed by atoms with Crippen LogP contribution >= 0.6 is 12.4 Å². The predicted octanol–water partition coefficient (Wildman–Crippen LogP) is 1.26. The van der Waals surface area contributed by atoms with Crippen LogP contribution in [0.2, 0.25) is 0 Å². The molecule has 9 heteroatoms. The van der Waals surface area contributed by atoms with E-state index in [1.807, 2.05) is 6.92 Å². The van der Waals surface area contributed by atoms with E-state index in [1.165, 1.54) is 4.68 Å². The van der Waals surface area contributed by atoms with E-state index in [-0.39, 0.29) is 24.6 Å². The average Bonchev–Trinajstić information content (AvgIpc) is 3.25. The van der Waals surface area contributed by atoms with E-state index in [0.717, 1.165) is 44.6 Å². The van der Waals surface area contributed by atoms with Crippen molar-refractivity contribution in [2.75, 3.05) is 13.1 Å². The second kappa shape index (κ2) is 7.06. The van der Waals surface area contributed by atoms with Gasteiger partial charge in [-0.05, 0) is 39.2 Å². The van der Waals surface area contributed by atoms with Gasteiger partial charge in [0.15, 0.2) is 5.82 Å². The number of piperidine rings is 1. The lowest BCUT2D eigenvalue weighted by molar-refractivity contribution is 0.371. The number of nitrogens with zero attached hydrogens (tertiary/aromatic N) is 5. The molecule has 1 aliphatic heterocycles. The predicted molar refractivity (Wildman–Crippen MR) is 89.6 cm³/mol. The van der Waals surface area contributed by atoms with Gasteiger partial charge in [-0.15, -0.1) is 12.4 Å². The molecule has 1 atom stereocenters. The molecular weight excluding hydrogens is 332 g/mol. The lowest BCUT2D eigenvalue weighted by Gasteiger charge is -2.21. The SMILES string of the molecule is CCn1c(C2CCCNC2)nn(Cc2noc(C3CC3)n2)c1=O.Cl. The van der Waals surface area contributed by atoms with Gasteiger partial charge in [0, 0.05) is 24.9 Å². The topological polar surface area (TPSA) is 90.8 Å². The van der Waals surface area contributed by atoms with E-state index >= 15 is 0 Å². The number of hydrogen-bond acceptors (Lipinski definition) is 6. The lowest BCUT2D eigenvalue weighted by atomic mass is 9.99. The van der Waals surface area contributed by atoms with Crippen LogP contribution in [0.25, 0.3) is 0 Å². The van der Waals surface area contributed by atoms with E-state index in [4.69, 9.17) is 4.52 Å². The largest absolute Gasteiger partial charge is 0.346 e. The van der Waals surface area contributed by atoms with Gasteiger partial charge in [-0.2, -0.15) is 10.1 Å². The molecular formula is C15H23ClN6O2. The van der Waals surface area contributed by atoms with Crippen molar-refractivity contribution < 1.29 is 4.52 Å². The van der Waals surface area contributed by atoms with Crippen molar-refractivity contribution in [1.29, 1.82) is 0 Å². The number of rotatable bonds is 5. The third-order valence-corrected chi connectivity index (χ3v) is 4.63. The molecule has 0 spiro atoms. The first-order chi connectivity index (χ1) is 11.3. The van der Waals surface area contributed by atoms with Crippen LogP contribution in [0.15, 0.2) is 9.32 Å². The minimum absolute atomic E-state index is 0. The van der Waals surface area contributed by atoms with Gasteiger partial charge >= 0.3 is 5.69 Å². The zero-order valence-electron chi connectivity index (χ0n) is 13.8. The molecule has 1 unspecified atom stereocenters. The molecule has 8 nitrogen and oxygen atoms in total. The van der Waals surface area contributed by atoms with Gasteiger partial charge in [0.2, 0.25) is 5.89 Å². The van der Waals surface area contributed by atoms with Crippen LogP contribution in [-0.2, 0) is 13.1 Å². The average molecular weight is 355 g/mol. The molecule has 0 radical (unpaired) electrons. The summed E-state index contributed by atoms with van der Waals surface area (Å²) in [6.07, 6.45) is 4.41. The van der Waals surface area contributed by atoms with Crippen molar-refractivity contribution in [2.45, 2.75) is 57.5 Å². The lowest BCUT2D eigenvalue weighted by Crippen LogP contribution is -2.31. The summed E-state index contributed by atoms with van der Waals surface area (Å²) in [4.78, 5) is 17.0. The van der Waals surface area contributed by atoms with Gasteiger partial charge < -0.3 is 9.84 Å². The van der Waals surface area contributed by atoms with Gasteiger partial charge in [0.1, 0.15) is 12.4 Å².